The van der Waals surface area contributed by atoms with E-state index in [1.165, 1.54) is 19.1 Å². The Morgan fingerprint density at radius 2 is 1.91 bits per heavy atom. The molecule has 0 saturated carbocycles. The predicted octanol–water partition coefficient (Wildman–Crippen LogP) is 3.03. The van der Waals surface area contributed by atoms with Gasteiger partial charge in [0.25, 0.3) is 5.91 Å². The molecule has 0 radical (unpaired) electrons. The Morgan fingerprint density at radius 3 is 2.57 bits per heavy atom. The number of benzene rings is 2. The average molecular weight is 315 g/mol. The van der Waals surface area contributed by atoms with Crippen molar-refractivity contribution in [1.29, 1.82) is 0 Å². The number of rotatable bonds is 6. The number of ketones is 1. The molecule has 120 valence electrons. The Kier molecular flexibility index (Phi) is 5.46. The number of aryl methyl sites for hydroxylation is 1. The summed E-state index contributed by atoms with van der Waals surface area (Å²) in [4.78, 5) is 22.9. The van der Waals surface area contributed by atoms with E-state index in [1.54, 1.807) is 0 Å². The van der Waals surface area contributed by atoms with Gasteiger partial charge in [0.15, 0.2) is 24.0 Å². The minimum Gasteiger partial charge on any atom is -0.481 e. The molecular weight excluding hydrogens is 297 g/mol. The lowest BCUT2D eigenvalue weighted by molar-refractivity contribution is -0.123. The molecule has 2 aromatic carbocycles. The second kappa shape index (κ2) is 7.54. The van der Waals surface area contributed by atoms with Crippen molar-refractivity contribution in [3.8, 4) is 5.75 Å². The number of nitrogens with one attached hydrogen (secondary N) is 1. The third-order valence-electron chi connectivity index (χ3n) is 3.43. The van der Waals surface area contributed by atoms with Gasteiger partial charge in [0.05, 0.1) is 0 Å². The first-order valence-electron chi connectivity index (χ1n) is 7.22. The van der Waals surface area contributed by atoms with E-state index in [0.717, 1.165) is 17.2 Å². The van der Waals surface area contributed by atoms with Crippen LogP contribution in [0.15, 0.2) is 42.5 Å². The Hall–Kier alpha value is -2.69. The Morgan fingerprint density at radius 1 is 1.17 bits per heavy atom. The maximum absolute atomic E-state index is 13.8. The van der Waals surface area contributed by atoms with Crippen LogP contribution in [0.1, 0.15) is 28.4 Å². The van der Waals surface area contributed by atoms with Gasteiger partial charge in [0, 0.05) is 12.1 Å². The van der Waals surface area contributed by atoms with Crippen LogP contribution in [0.25, 0.3) is 0 Å². The lowest BCUT2D eigenvalue weighted by atomic mass is 10.1. The highest BCUT2D eigenvalue weighted by Crippen LogP contribution is 2.18. The van der Waals surface area contributed by atoms with E-state index in [4.69, 9.17) is 4.74 Å². The van der Waals surface area contributed by atoms with Gasteiger partial charge in [0.2, 0.25) is 0 Å². The summed E-state index contributed by atoms with van der Waals surface area (Å²) in [6.07, 6.45) is 0. The number of carbonyl (C=O) groups excluding carboxylic acids is 2. The van der Waals surface area contributed by atoms with Crippen molar-refractivity contribution in [3.63, 3.8) is 0 Å². The largest absolute Gasteiger partial charge is 0.481 e. The van der Waals surface area contributed by atoms with Gasteiger partial charge in [-0.2, -0.15) is 0 Å². The molecule has 0 heterocycles. The molecule has 23 heavy (non-hydrogen) atoms. The van der Waals surface area contributed by atoms with Crippen LogP contribution in [0, 0.1) is 12.7 Å². The SMILES string of the molecule is CC(=O)c1ccc(OCC(=O)NCc2ccccc2C)c(F)c1. The first-order valence-corrected chi connectivity index (χ1v) is 7.22. The highest BCUT2D eigenvalue weighted by atomic mass is 19.1. The lowest BCUT2D eigenvalue weighted by Crippen LogP contribution is -2.28. The summed E-state index contributed by atoms with van der Waals surface area (Å²) >= 11 is 0. The first-order chi connectivity index (χ1) is 11.0. The number of amides is 1. The zero-order chi connectivity index (χ0) is 16.8. The molecule has 0 fully saturated rings. The molecule has 5 heteroatoms. The second-order valence-electron chi connectivity index (χ2n) is 5.19. The summed E-state index contributed by atoms with van der Waals surface area (Å²) in [5.74, 6) is -1.29. The van der Waals surface area contributed by atoms with Gasteiger partial charge in [-0.15, -0.1) is 0 Å². The third-order valence-corrected chi connectivity index (χ3v) is 3.43. The van der Waals surface area contributed by atoms with Crippen LogP contribution >= 0.6 is 0 Å². The fraction of sp³-hybridized carbons (Fsp3) is 0.222. The van der Waals surface area contributed by atoms with E-state index in [2.05, 4.69) is 5.32 Å². The van der Waals surface area contributed by atoms with Gasteiger partial charge >= 0.3 is 0 Å². The van der Waals surface area contributed by atoms with Gasteiger partial charge in [0.1, 0.15) is 0 Å². The standard InChI is InChI=1S/C18H18FNO3/c1-12-5-3-4-6-15(12)10-20-18(22)11-23-17-8-7-14(13(2)21)9-16(17)19/h3-9H,10-11H2,1-2H3,(H,20,22). The Labute approximate surface area is 134 Å². The predicted molar refractivity (Wildman–Crippen MR) is 84.9 cm³/mol. The summed E-state index contributed by atoms with van der Waals surface area (Å²) in [6.45, 7) is 3.42. The maximum atomic E-state index is 13.8. The Bertz CT molecular complexity index is 728. The van der Waals surface area contributed by atoms with E-state index in [9.17, 15) is 14.0 Å². The first kappa shape index (κ1) is 16.7. The van der Waals surface area contributed by atoms with Crippen molar-refractivity contribution in [2.45, 2.75) is 20.4 Å². The molecule has 0 bridgehead atoms. The molecule has 2 rings (SSSR count). The fourth-order valence-electron chi connectivity index (χ4n) is 2.03. The van der Waals surface area contributed by atoms with Gasteiger partial charge in [-0.3, -0.25) is 9.59 Å². The van der Waals surface area contributed by atoms with E-state index >= 15 is 0 Å². The number of hydrogen-bond acceptors (Lipinski definition) is 3. The van der Waals surface area contributed by atoms with Gasteiger partial charge in [-0.25, -0.2) is 4.39 Å². The highest BCUT2D eigenvalue weighted by Gasteiger charge is 2.10. The van der Waals surface area contributed by atoms with Crippen LogP contribution in [0.3, 0.4) is 0 Å². The molecule has 1 amide bonds. The summed E-state index contributed by atoms with van der Waals surface area (Å²) < 4.78 is 18.9. The zero-order valence-electron chi connectivity index (χ0n) is 13.1. The number of halogens is 1. The molecule has 0 saturated heterocycles. The summed E-state index contributed by atoms with van der Waals surface area (Å²) in [6, 6.07) is 11.6. The van der Waals surface area contributed by atoms with Crippen molar-refractivity contribution in [3.05, 3.63) is 65.0 Å². The number of Topliss-reactive ketones (excluding diaryl/α,β-unsaturated/α-hetero) is 1. The van der Waals surface area contributed by atoms with Crippen molar-refractivity contribution in [1.82, 2.24) is 5.32 Å². The van der Waals surface area contributed by atoms with Crippen molar-refractivity contribution in [2.24, 2.45) is 0 Å². The van der Waals surface area contributed by atoms with Gasteiger partial charge < -0.3 is 10.1 Å². The van der Waals surface area contributed by atoms with Crippen LogP contribution in [0.2, 0.25) is 0 Å². The van der Waals surface area contributed by atoms with Crippen LogP contribution < -0.4 is 10.1 Å². The number of carbonyl (C=O) groups is 2. The van der Waals surface area contributed by atoms with Crippen molar-refractivity contribution in [2.75, 3.05) is 6.61 Å². The zero-order valence-corrected chi connectivity index (χ0v) is 13.1. The minimum absolute atomic E-state index is 0.0546. The van der Waals surface area contributed by atoms with Crippen LogP contribution in [-0.2, 0) is 11.3 Å². The molecule has 0 unspecified atom stereocenters. The highest BCUT2D eigenvalue weighted by molar-refractivity contribution is 5.94. The molecule has 0 aliphatic heterocycles. The minimum atomic E-state index is -0.663. The smallest absolute Gasteiger partial charge is 0.258 e. The second-order valence-corrected chi connectivity index (χ2v) is 5.19. The third kappa shape index (κ3) is 4.64. The topological polar surface area (TPSA) is 55.4 Å². The molecule has 1 N–H and O–H groups in total. The number of hydrogen-bond donors (Lipinski definition) is 1. The lowest BCUT2D eigenvalue weighted by Gasteiger charge is -2.10. The summed E-state index contributed by atoms with van der Waals surface area (Å²) in [5.41, 5.74) is 2.36. The van der Waals surface area contributed by atoms with E-state index in [1.807, 2.05) is 31.2 Å². The maximum Gasteiger partial charge on any atom is 0.258 e. The van der Waals surface area contributed by atoms with Gasteiger partial charge in [-0.1, -0.05) is 24.3 Å². The summed E-state index contributed by atoms with van der Waals surface area (Å²) in [7, 11) is 0. The fourth-order valence-corrected chi connectivity index (χ4v) is 2.03. The van der Waals surface area contributed by atoms with Crippen molar-refractivity contribution >= 4 is 11.7 Å². The monoisotopic (exact) mass is 315 g/mol. The molecule has 0 spiro atoms. The van der Waals surface area contributed by atoms with E-state index in [0.29, 0.717) is 6.54 Å². The molecule has 0 aliphatic rings. The molecule has 4 nitrogen and oxygen atoms in total. The van der Waals surface area contributed by atoms with Crippen LogP contribution in [0.4, 0.5) is 4.39 Å². The van der Waals surface area contributed by atoms with E-state index in [-0.39, 0.29) is 29.6 Å². The molecule has 0 atom stereocenters. The van der Waals surface area contributed by atoms with Crippen LogP contribution in [0.5, 0.6) is 5.75 Å². The van der Waals surface area contributed by atoms with Crippen molar-refractivity contribution < 1.29 is 18.7 Å². The molecular formula is C18H18FNO3. The van der Waals surface area contributed by atoms with E-state index < -0.39 is 5.82 Å². The van der Waals surface area contributed by atoms with Crippen LogP contribution in [-0.4, -0.2) is 18.3 Å². The quantitative estimate of drug-likeness (QED) is 0.834. The normalized spacial score (nSPS) is 10.2. The number of ether oxygens (including phenoxy) is 1. The Balaban J connectivity index is 1.87. The molecule has 2 aromatic rings. The summed E-state index contributed by atoms with van der Waals surface area (Å²) in [5, 5.41) is 2.72. The molecule has 0 aliphatic carbocycles. The van der Waals surface area contributed by atoms with Gasteiger partial charge in [-0.05, 0) is 43.2 Å². The molecule has 0 aromatic heterocycles. The average Bonchev–Trinajstić information content (AvgIpc) is 2.52.